The molecule has 3 atom stereocenters. The number of hydrogen-bond acceptors (Lipinski definition) is 5. The summed E-state index contributed by atoms with van der Waals surface area (Å²) in [5, 5.41) is 7.59. The lowest BCUT2D eigenvalue weighted by atomic mass is 9.77. The normalized spacial score (nSPS) is 25.7. The van der Waals surface area contributed by atoms with Gasteiger partial charge in [0.05, 0.1) is 17.8 Å². The Morgan fingerprint density at radius 1 is 1.14 bits per heavy atom. The lowest BCUT2D eigenvalue weighted by molar-refractivity contribution is -0.118. The molecule has 3 aromatic heterocycles. The monoisotopic (exact) mass is 470 g/mol. The number of fused-ring (bicyclic) bond motifs is 1. The van der Waals surface area contributed by atoms with E-state index in [1.165, 1.54) is 5.56 Å². The molecule has 1 unspecified atom stereocenters. The molecule has 8 heteroatoms. The molecule has 2 aliphatic carbocycles. The van der Waals surface area contributed by atoms with E-state index in [2.05, 4.69) is 33.4 Å². The molecule has 0 spiro atoms. The van der Waals surface area contributed by atoms with Crippen LogP contribution in [0.3, 0.4) is 0 Å². The fourth-order valence-corrected chi connectivity index (χ4v) is 5.46. The number of anilines is 1. The molecular weight excluding hydrogens is 440 g/mol. The van der Waals surface area contributed by atoms with E-state index in [0.717, 1.165) is 48.4 Å². The Morgan fingerprint density at radius 2 is 1.97 bits per heavy atom. The van der Waals surface area contributed by atoms with Gasteiger partial charge in [-0.25, -0.2) is 4.98 Å². The van der Waals surface area contributed by atoms with Crippen molar-refractivity contribution in [2.24, 2.45) is 11.8 Å². The second kappa shape index (κ2) is 8.29. The summed E-state index contributed by atoms with van der Waals surface area (Å²) in [4.78, 5) is 36.1. The number of nitrogens with one attached hydrogen (secondary N) is 1. The molecule has 0 bridgehead atoms. The SMILES string of the molecule is Cc1ccnc(C2CC(NC(=O)c3cnn(C(C)c4cnc(N5C[C@H]6C[C@H]6C5=O)cc4C)c3)C2)c1. The Kier molecular flexibility index (Phi) is 5.20. The third-order valence-electron chi connectivity index (χ3n) is 7.88. The summed E-state index contributed by atoms with van der Waals surface area (Å²) >= 11 is 0. The molecule has 3 aromatic rings. The topological polar surface area (TPSA) is 93.0 Å². The second-order valence-corrected chi connectivity index (χ2v) is 10.4. The number of rotatable bonds is 6. The molecule has 4 heterocycles. The van der Waals surface area contributed by atoms with Crippen LogP contribution >= 0.6 is 0 Å². The molecule has 0 radical (unpaired) electrons. The van der Waals surface area contributed by atoms with Crippen LogP contribution in [0.5, 0.6) is 0 Å². The number of carbonyl (C=O) groups is 2. The fourth-order valence-electron chi connectivity index (χ4n) is 5.46. The molecule has 8 nitrogen and oxygen atoms in total. The van der Waals surface area contributed by atoms with Crippen LogP contribution < -0.4 is 10.2 Å². The number of hydrogen-bond donors (Lipinski definition) is 1. The molecule has 1 N–H and O–H groups in total. The van der Waals surface area contributed by atoms with Crippen molar-refractivity contribution in [3.05, 3.63) is 70.9 Å². The van der Waals surface area contributed by atoms with Crippen molar-refractivity contribution in [2.75, 3.05) is 11.4 Å². The molecule has 2 amide bonds. The summed E-state index contributed by atoms with van der Waals surface area (Å²) in [5.74, 6) is 1.98. The van der Waals surface area contributed by atoms with Crippen LogP contribution in [0.4, 0.5) is 5.82 Å². The Morgan fingerprint density at radius 3 is 2.69 bits per heavy atom. The smallest absolute Gasteiger partial charge is 0.254 e. The molecule has 3 aliphatic rings. The first-order valence-corrected chi connectivity index (χ1v) is 12.4. The zero-order valence-electron chi connectivity index (χ0n) is 20.3. The van der Waals surface area contributed by atoms with Gasteiger partial charge in [-0.05, 0) is 80.8 Å². The zero-order valence-corrected chi connectivity index (χ0v) is 20.3. The van der Waals surface area contributed by atoms with Gasteiger partial charge in [-0.2, -0.15) is 5.10 Å². The fraction of sp³-hybridized carbons (Fsp3) is 0.444. The van der Waals surface area contributed by atoms with Gasteiger partial charge in [-0.3, -0.25) is 24.2 Å². The lowest BCUT2D eigenvalue weighted by Crippen LogP contribution is -2.43. The Bertz CT molecular complexity index is 1310. The number of piperidine rings is 1. The van der Waals surface area contributed by atoms with Crippen LogP contribution in [-0.2, 0) is 4.79 Å². The molecule has 1 aliphatic heterocycles. The van der Waals surface area contributed by atoms with Gasteiger partial charge in [0, 0.05) is 48.7 Å². The van der Waals surface area contributed by atoms with Crippen molar-refractivity contribution in [3.63, 3.8) is 0 Å². The van der Waals surface area contributed by atoms with E-state index in [0.29, 0.717) is 17.4 Å². The number of carbonyl (C=O) groups excluding carboxylic acids is 2. The van der Waals surface area contributed by atoms with E-state index in [1.54, 1.807) is 17.1 Å². The Balaban J connectivity index is 1.08. The zero-order chi connectivity index (χ0) is 24.3. The number of aromatic nitrogens is 4. The van der Waals surface area contributed by atoms with Gasteiger partial charge in [0.15, 0.2) is 0 Å². The number of amides is 2. The quantitative estimate of drug-likeness (QED) is 0.595. The van der Waals surface area contributed by atoms with Gasteiger partial charge in [0.25, 0.3) is 5.91 Å². The van der Waals surface area contributed by atoms with Gasteiger partial charge < -0.3 is 5.32 Å². The second-order valence-electron chi connectivity index (χ2n) is 10.4. The number of aryl methyl sites for hydroxylation is 2. The van der Waals surface area contributed by atoms with Gasteiger partial charge in [0.1, 0.15) is 5.82 Å². The first-order valence-electron chi connectivity index (χ1n) is 12.4. The lowest BCUT2D eigenvalue weighted by Gasteiger charge is -2.35. The van der Waals surface area contributed by atoms with E-state index in [4.69, 9.17) is 0 Å². The van der Waals surface area contributed by atoms with Gasteiger partial charge in [0.2, 0.25) is 5.91 Å². The molecule has 35 heavy (non-hydrogen) atoms. The highest BCUT2D eigenvalue weighted by atomic mass is 16.2. The van der Waals surface area contributed by atoms with Crippen LogP contribution in [-0.4, -0.2) is 44.1 Å². The summed E-state index contributed by atoms with van der Waals surface area (Å²) in [5.41, 5.74) is 4.96. The maximum Gasteiger partial charge on any atom is 0.254 e. The molecular formula is C27H30N6O2. The van der Waals surface area contributed by atoms with E-state index in [-0.39, 0.29) is 29.8 Å². The van der Waals surface area contributed by atoms with Crippen LogP contribution in [0, 0.1) is 25.7 Å². The van der Waals surface area contributed by atoms with E-state index >= 15 is 0 Å². The van der Waals surface area contributed by atoms with E-state index < -0.39 is 0 Å². The molecule has 6 rings (SSSR count). The van der Waals surface area contributed by atoms with Crippen molar-refractivity contribution in [2.45, 2.75) is 58.0 Å². The molecule has 1 saturated heterocycles. The predicted molar refractivity (Wildman–Crippen MR) is 131 cm³/mol. The van der Waals surface area contributed by atoms with E-state index in [9.17, 15) is 9.59 Å². The van der Waals surface area contributed by atoms with Crippen molar-refractivity contribution >= 4 is 17.6 Å². The highest BCUT2D eigenvalue weighted by Gasteiger charge is 2.52. The maximum atomic E-state index is 12.8. The predicted octanol–water partition coefficient (Wildman–Crippen LogP) is 3.56. The van der Waals surface area contributed by atoms with Gasteiger partial charge in [-0.1, -0.05) is 0 Å². The number of nitrogens with zero attached hydrogens (tertiary/aromatic N) is 5. The molecule has 3 fully saturated rings. The largest absolute Gasteiger partial charge is 0.349 e. The third kappa shape index (κ3) is 4.00. The van der Waals surface area contributed by atoms with Gasteiger partial charge in [-0.15, -0.1) is 0 Å². The molecule has 180 valence electrons. The number of pyridine rings is 2. The minimum absolute atomic E-state index is 0.0822. The highest BCUT2D eigenvalue weighted by Crippen LogP contribution is 2.47. The average molecular weight is 471 g/mol. The minimum Gasteiger partial charge on any atom is -0.349 e. The van der Waals surface area contributed by atoms with Crippen molar-refractivity contribution in [1.82, 2.24) is 25.1 Å². The summed E-state index contributed by atoms with van der Waals surface area (Å²) in [6.07, 6.45) is 9.95. The van der Waals surface area contributed by atoms with Gasteiger partial charge >= 0.3 is 0 Å². The first-order chi connectivity index (χ1) is 16.9. The van der Waals surface area contributed by atoms with Crippen molar-refractivity contribution < 1.29 is 9.59 Å². The van der Waals surface area contributed by atoms with Crippen LogP contribution in [0.2, 0.25) is 0 Å². The summed E-state index contributed by atoms with van der Waals surface area (Å²) < 4.78 is 1.80. The summed E-state index contributed by atoms with van der Waals surface area (Å²) in [7, 11) is 0. The maximum absolute atomic E-state index is 12.8. The summed E-state index contributed by atoms with van der Waals surface area (Å²) in [6, 6.07) is 6.20. The Hall–Kier alpha value is -3.55. The van der Waals surface area contributed by atoms with Crippen LogP contribution in [0.15, 0.2) is 43.0 Å². The highest BCUT2D eigenvalue weighted by molar-refractivity contribution is 5.99. The standard InChI is InChI=1S/C27H30N6O2/c1-15-4-5-28-24(6-15)18-8-21(9-18)31-26(34)20-11-30-33(14-20)17(3)23-12-29-25(7-16(23)2)32-13-19-10-22(19)27(32)35/h4-7,11-12,14,17-19,21-22H,8-10,13H2,1-3H3,(H,31,34)/t17?,18?,19-,21?,22-/m1/s1. The Labute approximate surface area is 204 Å². The average Bonchev–Trinajstić information content (AvgIpc) is 3.27. The van der Waals surface area contributed by atoms with Crippen molar-refractivity contribution in [3.8, 4) is 0 Å². The van der Waals surface area contributed by atoms with Crippen LogP contribution in [0.25, 0.3) is 0 Å². The van der Waals surface area contributed by atoms with E-state index in [1.807, 2.05) is 43.3 Å². The van der Waals surface area contributed by atoms with Crippen LogP contribution in [0.1, 0.15) is 70.9 Å². The minimum atomic E-state index is -0.0968. The molecule has 0 aromatic carbocycles. The summed E-state index contributed by atoms with van der Waals surface area (Å²) in [6.45, 7) is 6.93. The third-order valence-corrected chi connectivity index (χ3v) is 7.88. The first kappa shape index (κ1) is 21.9. The van der Waals surface area contributed by atoms with Crippen molar-refractivity contribution in [1.29, 1.82) is 0 Å². The molecule has 2 saturated carbocycles.